The van der Waals surface area contributed by atoms with E-state index in [4.69, 9.17) is 10.2 Å². The van der Waals surface area contributed by atoms with Crippen molar-refractivity contribution in [2.45, 2.75) is 31.5 Å². The molecule has 1 aliphatic carbocycles. The molecule has 102 valence electrons. The van der Waals surface area contributed by atoms with E-state index in [1.165, 1.54) is 17.7 Å². The van der Waals surface area contributed by atoms with Crippen LogP contribution in [0.15, 0.2) is 38.7 Å². The Kier molecular flexibility index (Phi) is 4.07. The van der Waals surface area contributed by atoms with E-state index in [0.29, 0.717) is 12.6 Å². The smallest absolute Gasteiger partial charge is 0.136 e. The van der Waals surface area contributed by atoms with Crippen LogP contribution in [-0.2, 0) is 6.54 Å². The molecule has 0 spiro atoms. The van der Waals surface area contributed by atoms with Crippen molar-refractivity contribution >= 4 is 27.3 Å². The quantitative estimate of drug-likeness (QED) is 0.870. The lowest BCUT2D eigenvalue weighted by Gasteiger charge is -2.29. The minimum Gasteiger partial charge on any atom is -0.466 e. The normalized spacial score (nSPS) is 17.0. The zero-order valence-corrected chi connectivity index (χ0v) is 13.0. The highest BCUT2D eigenvalue weighted by Gasteiger charge is 2.36. The Balaban J connectivity index is 1.83. The minimum atomic E-state index is 0.152. The fraction of sp³-hybridized carbons (Fsp3) is 0.429. The zero-order chi connectivity index (χ0) is 13.2. The van der Waals surface area contributed by atoms with Gasteiger partial charge in [0.15, 0.2) is 0 Å². The first kappa shape index (κ1) is 13.4. The van der Waals surface area contributed by atoms with Crippen molar-refractivity contribution in [3.63, 3.8) is 0 Å². The maximum atomic E-state index is 6.01. The van der Waals surface area contributed by atoms with Crippen LogP contribution in [0.3, 0.4) is 0 Å². The summed E-state index contributed by atoms with van der Waals surface area (Å²) in [6.07, 6.45) is 4.25. The van der Waals surface area contributed by atoms with Gasteiger partial charge in [0.05, 0.1) is 16.8 Å². The van der Waals surface area contributed by atoms with Crippen LogP contribution in [-0.4, -0.2) is 17.5 Å². The summed E-state index contributed by atoms with van der Waals surface area (Å²) in [6.45, 7) is 1.53. The highest BCUT2D eigenvalue weighted by molar-refractivity contribution is 9.10. The predicted octanol–water partition coefficient (Wildman–Crippen LogP) is 3.77. The first-order chi connectivity index (χ1) is 9.29. The molecule has 2 aromatic heterocycles. The van der Waals surface area contributed by atoms with Crippen LogP contribution in [0.4, 0.5) is 0 Å². The van der Waals surface area contributed by atoms with E-state index in [-0.39, 0.29) is 6.04 Å². The van der Waals surface area contributed by atoms with Gasteiger partial charge in [0.2, 0.25) is 0 Å². The van der Waals surface area contributed by atoms with Gasteiger partial charge in [-0.25, -0.2) is 0 Å². The summed E-state index contributed by atoms with van der Waals surface area (Å²) in [6, 6.07) is 7.02. The Morgan fingerprint density at radius 2 is 2.32 bits per heavy atom. The van der Waals surface area contributed by atoms with Crippen LogP contribution >= 0.6 is 27.3 Å². The van der Waals surface area contributed by atoms with Gasteiger partial charge in [-0.05, 0) is 46.3 Å². The number of thiophene rings is 1. The SMILES string of the molecule is NCC(c1occc1Br)N(Cc1cccs1)C1CC1. The second-order valence-corrected chi connectivity index (χ2v) is 6.75. The van der Waals surface area contributed by atoms with Crippen molar-refractivity contribution in [3.05, 3.63) is 45.0 Å². The molecule has 0 saturated heterocycles. The molecule has 1 saturated carbocycles. The molecule has 1 fully saturated rings. The average Bonchev–Trinajstić information content (AvgIpc) is 2.97. The first-order valence-electron chi connectivity index (χ1n) is 6.50. The number of hydrogen-bond acceptors (Lipinski definition) is 4. The summed E-state index contributed by atoms with van der Waals surface area (Å²) in [7, 11) is 0. The lowest BCUT2D eigenvalue weighted by atomic mass is 10.1. The van der Waals surface area contributed by atoms with E-state index in [1.54, 1.807) is 17.6 Å². The summed E-state index contributed by atoms with van der Waals surface area (Å²) in [5, 5.41) is 2.13. The molecular formula is C14H17BrN2OS. The lowest BCUT2D eigenvalue weighted by molar-refractivity contribution is 0.161. The van der Waals surface area contributed by atoms with Gasteiger partial charge in [0.25, 0.3) is 0 Å². The molecular weight excluding hydrogens is 324 g/mol. The largest absolute Gasteiger partial charge is 0.466 e. The van der Waals surface area contributed by atoms with E-state index >= 15 is 0 Å². The van der Waals surface area contributed by atoms with Crippen LogP contribution in [0.25, 0.3) is 0 Å². The third-order valence-corrected chi connectivity index (χ3v) is 5.02. The summed E-state index contributed by atoms with van der Waals surface area (Å²) in [5.74, 6) is 0.950. The van der Waals surface area contributed by atoms with Crippen LogP contribution < -0.4 is 5.73 Å². The molecule has 2 N–H and O–H groups in total. The van der Waals surface area contributed by atoms with E-state index < -0.39 is 0 Å². The Morgan fingerprint density at radius 3 is 2.84 bits per heavy atom. The van der Waals surface area contributed by atoms with Gasteiger partial charge in [-0.15, -0.1) is 11.3 Å². The van der Waals surface area contributed by atoms with Gasteiger partial charge < -0.3 is 10.2 Å². The summed E-state index contributed by atoms with van der Waals surface area (Å²) in [4.78, 5) is 3.86. The highest BCUT2D eigenvalue weighted by Crippen LogP contribution is 2.38. The average molecular weight is 341 g/mol. The van der Waals surface area contributed by atoms with Crippen molar-refractivity contribution in [2.75, 3.05) is 6.54 Å². The van der Waals surface area contributed by atoms with Crippen LogP contribution in [0, 0.1) is 0 Å². The van der Waals surface area contributed by atoms with Crippen molar-refractivity contribution in [1.29, 1.82) is 0 Å². The van der Waals surface area contributed by atoms with Gasteiger partial charge in [0, 0.05) is 24.0 Å². The lowest BCUT2D eigenvalue weighted by Crippen LogP contribution is -2.34. The third-order valence-electron chi connectivity index (χ3n) is 3.51. The first-order valence-corrected chi connectivity index (χ1v) is 8.18. The second-order valence-electron chi connectivity index (χ2n) is 4.87. The maximum Gasteiger partial charge on any atom is 0.136 e. The summed E-state index contributed by atoms with van der Waals surface area (Å²) in [5.41, 5.74) is 6.01. The van der Waals surface area contributed by atoms with Gasteiger partial charge >= 0.3 is 0 Å². The predicted molar refractivity (Wildman–Crippen MR) is 81.1 cm³/mol. The van der Waals surface area contributed by atoms with E-state index in [9.17, 15) is 0 Å². The molecule has 0 aliphatic heterocycles. The molecule has 1 aliphatic rings. The van der Waals surface area contributed by atoms with E-state index in [1.807, 2.05) is 6.07 Å². The monoisotopic (exact) mass is 340 g/mol. The summed E-state index contributed by atoms with van der Waals surface area (Å²) < 4.78 is 6.64. The molecule has 19 heavy (non-hydrogen) atoms. The molecule has 1 atom stereocenters. The van der Waals surface area contributed by atoms with Gasteiger partial charge in [-0.3, -0.25) is 4.90 Å². The van der Waals surface area contributed by atoms with Crippen LogP contribution in [0.1, 0.15) is 29.5 Å². The molecule has 3 rings (SSSR count). The zero-order valence-electron chi connectivity index (χ0n) is 10.6. The van der Waals surface area contributed by atoms with Crippen molar-refractivity contribution < 1.29 is 4.42 Å². The number of halogens is 1. The molecule has 0 amide bonds. The molecule has 1 unspecified atom stereocenters. The van der Waals surface area contributed by atoms with Gasteiger partial charge in [-0.2, -0.15) is 0 Å². The molecule has 0 radical (unpaired) electrons. The maximum absolute atomic E-state index is 6.01. The number of nitrogens with two attached hydrogens (primary N) is 1. The number of furan rings is 1. The van der Waals surface area contributed by atoms with Crippen molar-refractivity contribution in [3.8, 4) is 0 Å². The molecule has 2 aromatic rings. The van der Waals surface area contributed by atoms with Crippen molar-refractivity contribution in [1.82, 2.24) is 4.90 Å². The Morgan fingerprint density at radius 1 is 1.47 bits per heavy atom. The standard InChI is InChI=1S/C14H17BrN2OS/c15-12-5-6-18-14(12)13(8-16)17(10-3-4-10)9-11-2-1-7-19-11/h1-2,5-7,10,13H,3-4,8-9,16H2. The Labute approximate surface area is 125 Å². The van der Waals surface area contributed by atoms with E-state index in [0.717, 1.165) is 16.8 Å². The molecule has 5 heteroatoms. The summed E-state index contributed by atoms with van der Waals surface area (Å²) >= 11 is 5.35. The number of rotatable bonds is 6. The van der Waals surface area contributed by atoms with E-state index in [2.05, 4.69) is 38.3 Å². The molecule has 2 heterocycles. The second kappa shape index (κ2) is 5.79. The van der Waals surface area contributed by atoms with Gasteiger partial charge in [-0.1, -0.05) is 6.07 Å². The number of nitrogens with zero attached hydrogens (tertiary/aromatic N) is 1. The topological polar surface area (TPSA) is 42.4 Å². The third kappa shape index (κ3) is 2.94. The Hall–Kier alpha value is -0.620. The molecule has 0 bridgehead atoms. The fourth-order valence-electron chi connectivity index (χ4n) is 2.42. The fourth-order valence-corrected chi connectivity index (χ4v) is 3.60. The van der Waals surface area contributed by atoms with Crippen molar-refractivity contribution in [2.24, 2.45) is 5.73 Å². The highest BCUT2D eigenvalue weighted by atomic mass is 79.9. The Bertz CT molecular complexity index is 521. The van der Waals surface area contributed by atoms with Crippen LogP contribution in [0.5, 0.6) is 0 Å². The van der Waals surface area contributed by atoms with Gasteiger partial charge in [0.1, 0.15) is 5.76 Å². The molecule has 3 nitrogen and oxygen atoms in total. The number of hydrogen-bond donors (Lipinski definition) is 1. The van der Waals surface area contributed by atoms with Crippen LogP contribution in [0.2, 0.25) is 0 Å². The minimum absolute atomic E-state index is 0.152. The molecule has 0 aromatic carbocycles.